The lowest BCUT2D eigenvalue weighted by atomic mass is 9.98. The van der Waals surface area contributed by atoms with Gasteiger partial charge in [0.15, 0.2) is 0 Å². The number of carbonyl (C=O) groups is 2. The number of nitrogens with zero attached hydrogens (tertiary/aromatic N) is 1. The smallest absolute Gasteiger partial charge is 0.313 e. The van der Waals surface area contributed by atoms with Crippen molar-refractivity contribution in [3.63, 3.8) is 0 Å². The van der Waals surface area contributed by atoms with Crippen molar-refractivity contribution in [1.82, 2.24) is 10.2 Å². The molecule has 0 aliphatic carbocycles. The van der Waals surface area contributed by atoms with Gasteiger partial charge in [0.1, 0.15) is 5.82 Å². The average Bonchev–Trinajstić information content (AvgIpc) is 3.28. The van der Waals surface area contributed by atoms with Crippen LogP contribution in [-0.4, -0.2) is 29.8 Å². The fourth-order valence-electron chi connectivity index (χ4n) is 3.70. The van der Waals surface area contributed by atoms with Crippen molar-refractivity contribution in [3.8, 4) is 0 Å². The predicted molar refractivity (Wildman–Crippen MR) is 116 cm³/mol. The maximum atomic E-state index is 13.3. The van der Waals surface area contributed by atoms with Gasteiger partial charge in [0.05, 0.1) is 6.04 Å². The molecule has 2 amide bonds. The maximum Gasteiger partial charge on any atom is 0.313 e. The van der Waals surface area contributed by atoms with Crippen LogP contribution in [0.25, 0.3) is 0 Å². The zero-order valence-electron chi connectivity index (χ0n) is 16.3. The summed E-state index contributed by atoms with van der Waals surface area (Å²) in [7, 11) is 0. The summed E-state index contributed by atoms with van der Waals surface area (Å²) in [6, 6.07) is 17.9. The summed E-state index contributed by atoms with van der Waals surface area (Å²) in [4.78, 5) is 28.0. The molecule has 1 aliphatic rings. The highest BCUT2D eigenvalue weighted by atomic mass is 32.1. The van der Waals surface area contributed by atoms with Crippen molar-refractivity contribution in [3.05, 3.63) is 87.9 Å². The van der Waals surface area contributed by atoms with Crippen LogP contribution >= 0.6 is 11.3 Å². The Kier molecular flexibility index (Phi) is 6.21. The van der Waals surface area contributed by atoms with Crippen molar-refractivity contribution in [2.75, 3.05) is 18.4 Å². The Morgan fingerprint density at radius 3 is 2.63 bits per heavy atom. The number of nitrogens with one attached hydrogen (secondary N) is 2. The Hall–Kier alpha value is -3.03. The molecule has 2 aromatic carbocycles. The highest BCUT2D eigenvalue weighted by molar-refractivity contribution is 7.10. The summed E-state index contributed by atoms with van der Waals surface area (Å²) >= 11 is 1.64. The Balaban J connectivity index is 1.42. The van der Waals surface area contributed by atoms with E-state index in [0.717, 1.165) is 24.4 Å². The van der Waals surface area contributed by atoms with Crippen LogP contribution in [0.4, 0.5) is 10.1 Å². The van der Waals surface area contributed by atoms with Crippen molar-refractivity contribution in [2.45, 2.75) is 19.0 Å². The SMILES string of the molecule is O=C(NC[C@@H](c1cccs1)N1CCc2ccccc2C1)C(=O)Nc1cccc(F)c1. The van der Waals surface area contributed by atoms with Gasteiger partial charge < -0.3 is 10.6 Å². The number of thiophene rings is 1. The lowest BCUT2D eigenvalue weighted by molar-refractivity contribution is -0.136. The van der Waals surface area contributed by atoms with E-state index in [2.05, 4.69) is 39.8 Å². The van der Waals surface area contributed by atoms with Crippen LogP contribution in [0.1, 0.15) is 22.0 Å². The second-order valence-electron chi connectivity index (χ2n) is 7.19. The second kappa shape index (κ2) is 9.19. The fraction of sp³-hybridized carbons (Fsp3) is 0.217. The molecule has 0 radical (unpaired) electrons. The van der Waals surface area contributed by atoms with Gasteiger partial charge in [-0.05, 0) is 47.2 Å². The van der Waals surface area contributed by atoms with Gasteiger partial charge in [-0.2, -0.15) is 0 Å². The fourth-order valence-corrected chi connectivity index (χ4v) is 4.56. The van der Waals surface area contributed by atoms with Gasteiger partial charge in [0.25, 0.3) is 0 Å². The van der Waals surface area contributed by atoms with Crippen LogP contribution in [0, 0.1) is 5.82 Å². The van der Waals surface area contributed by atoms with Crippen LogP contribution in [0.2, 0.25) is 0 Å². The van der Waals surface area contributed by atoms with Crippen molar-refractivity contribution < 1.29 is 14.0 Å². The molecule has 4 rings (SSSR count). The van der Waals surface area contributed by atoms with Crippen molar-refractivity contribution in [2.24, 2.45) is 0 Å². The molecule has 0 fully saturated rings. The molecule has 0 saturated carbocycles. The molecule has 0 spiro atoms. The summed E-state index contributed by atoms with van der Waals surface area (Å²) in [5, 5.41) is 7.19. The van der Waals surface area contributed by atoms with Crippen molar-refractivity contribution >= 4 is 28.8 Å². The third-order valence-corrected chi connectivity index (χ3v) is 6.19. The number of amides is 2. The minimum atomic E-state index is -0.811. The van der Waals surface area contributed by atoms with Crippen molar-refractivity contribution in [1.29, 1.82) is 0 Å². The van der Waals surface area contributed by atoms with Crippen LogP contribution in [0.5, 0.6) is 0 Å². The largest absolute Gasteiger partial charge is 0.346 e. The van der Waals surface area contributed by atoms with Gasteiger partial charge in [-0.1, -0.05) is 36.4 Å². The van der Waals surface area contributed by atoms with Gasteiger partial charge >= 0.3 is 11.8 Å². The summed E-state index contributed by atoms with van der Waals surface area (Å²) in [5.74, 6) is -2.02. The Morgan fingerprint density at radius 2 is 1.87 bits per heavy atom. The molecule has 1 aliphatic heterocycles. The normalized spacial score (nSPS) is 14.6. The van der Waals surface area contributed by atoms with E-state index in [9.17, 15) is 14.0 Å². The number of hydrogen-bond donors (Lipinski definition) is 2. The van der Waals surface area contributed by atoms with Gasteiger partial charge in [-0.15, -0.1) is 11.3 Å². The molecular formula is C23H22FN3O2S. The summed E-state index contributed by atoms with van der Waals surface area (Å²) in [6.45, 7) is 1.99. The van der Waals surface area contributed by atoms with Gasteiger partial charge in [0, 0.05) is 30.2 Å². The minimum absolute atomic E-state index is 0.0238. The van der Waals surface area contributed by atoms with E-state index < -0.39 is 17.6 Å². The lowest BCUT2D eigenvalue weighted by Gasteiger charge is -2.35. The maximum absolute atomic E-state index is 13.3. The van der Waals surface area contributed by atoms with E-state index in [4.69, 9.17) is 0 Å². The third-order valence-electron chi connectivity index (χ3n) is 5.22. The van der Waals surface area contributed by atoms with Crippen LogP contribution in [0.15, 0.2) is 66.0 Å². The first kappa shape index (κ1) is 20.3. The number of rotatable bonds is 5. The number of halogens is 1. The van der Waals surface area contributed by atoms with E-state index in [1.54, 1.807) is 11.3 Å². The Bertz CT molecular complexity index is 1040. The van der Waals surface area contributed by atoms with E-state index >= 15 is 0 Å². The first-order valence-electron chi connectivity index (χ1n) is 9.79. The molecule has 5 nitrogen and oxygen atoms in total. The van der Waals surface area contributed by atoms with Gasteiger partial charge in [-0.25, -0.2) is 4.39 Å². The van der Waals surface area contributed by atoms with E-state index in [1.165, 1.54) is 35.4 Å². The summed E-state index contributed by atoms with van der Waals surface area (Å²) < 4.78 is 13.3. The standard InChI is InChI=1S/C23H22FN3O2S/c24-18-7-3-8-19(13-18)26-23(29)22(28)25-14-20(21-9-4-12-30-21)27-11-10-16-5-1-2-6-17(16)15-27/h1-9,12-13,20H,10-11,14-15H2,(H,25,28)(H,26,29)/t20-/m0/s1. The molecule has 1 atom stereocenters. The Morgan fingerprint density at radius 1 is 1.03 bits per heavy atom. The quantitative estimate of drug-likeness (QED) is 0.615. The van der Waals surface area contributed by atoms with Crippen LogP contribution < -0.4 is 10.6 Å². The van der Waals surface area contributed by atoms with E-state index in [1.807, 2.05) is 17.5 Å². The molecule has 3 aromatic rings. The topological polar surface area (TPSA) is 61.4 Å². The second-order valence-corrected chi connectivity index (χ2v) is 8.17. The highest BCUT2D eigenvalue weighted by Gasteiger charge is 2.26. The first-order chi connectivity index (χ1) is 14.6. The molecule has 1 aromatic heterocycles. The van der Waals surface area contributed by atoms with Crippen LogP contribution in [0.3, 0.4) is 0 Å². The number of benzene rings is 2. The number of hydrogen-bond acceptors (Lipinski definition) is 4. The van der Waals surface area contributed by atoms with Gasteiger partial charge in [-0.3, -0.25) is 14.5 Å². The molecule has 0 bridgehead atoms. The zero-order chi connectivity index (χ0) is 20.9. The van der Waals surface area contributed by atoms with E-state index in [-0.39, 0.29) is 11.7 Å². The lowest BCUT2D eigenvalue weighted by Crippen LogP contribution is -2.43. The molecule has 154 valence electrons. The van der Waals surface area contributed by atoms with E-state index in [0.29, 0.717) is 6.54 Å². The summed E-state index contributed by atoms with van der Waals surface area (Å²) in [6.07, 6.45) is 0.950. The summed E-state index contributed by atoms with van der Waals surface area (Å²) in [5.41, 5.74) is 2.90. The highest BCUT2D eigenvalue weighted by Crippen LogP contribution is 2.30. The Labute approximate surface area is 178 Å². The minimum Gasteiger partial charge on any atom is -0.346 e. The predicted octanol–water partition coefficient (Wildman–Crippen LogP) is 3.74. The average molecular weight is 424 g/mol. The third kappa shape index (κ3) is 4.75. The number of carbonyl (C=O) groups excluding carboxylic acids is 2. The van der Waals surface area contributed by atoms with Crippen LogP contribution in [-0.2, 0) is 22.6 Å². The van der Waals surface area contributed by atoms with Gasteiger partial charge in [0.2, 0.25) is 0 Å². The number of fused-ring (bicyclic) bond motifs is 1. The molecule has 2 heterocycles. The zero-order valence-corrected chi connectivity index (χ0v) is 17.1. The molecular weight excluding hydrogens is 401 g/mol. The number of anilines is 1. The molecule has 0 unspecified atom stereocenters. The molecule has 2 N–H and O–H groups in total. The molecule has 7 heteroatoms. The molecule has 0 saturated heterocycles. The molecule has 30 heavy (non-hydrogen) atoms. The first-order valence-corrected chi connectivity index (χ1v) is 10.7. The monoisotopic (exact) mass is 423 g/mol.